The minimum Gasteiger partial charge on any atom is -0.370 e. The fourth-order valence-electron chi connectivity index (χ4n) is 3.01. The van der Waals surface area contributed by atoms with Gasteiger partial charge >= 0.3 is 0 Å². The van der Waals surface area contributed by atoms with E-state index in [1.165, 1.54) is 30.4 Å². The van der Waals surface area contributed by atoms with Crippen molar-refractivity contribution in [2.75, 3.05) is 11.9 Å². The van der Waals surface area contributed by atoms with Crippen LogP contribution < -0.4 is 11.1 Å². The van der Waals surface area contributed by atoms with Crippen LogP contribution in [0.2, 0.25) is 0 Å². The zero-order chi connectivity index (χ0) is 16.9. The lowest BCUT2D eigenvalue weighted by Crippen LogP contribution is -2.23. The standard InChI is InChI=1S/C18H26N6/c1-13-7-8-15(12-14(13)2)21-18(19)20-10-9-17-23-22-16-6-4-3-5-11-24(16)17/h7-8,12H,3-6,9-11H2,1-2H3,(H3,19,20,21). The number of benzene rings is 1. The van der Waals surface area contributed by atoms with Crippen molar-refractivity contribution >= 4 is 11.6 Å². The number of anilines is 1. The van der Waals surface area contributed by atoms with E-state index in [9.17, 15) is 0 Å². The molecule has 0 fully saturated rings. The first-order valence-corrected chi connectivity index (χ1v) is 8.68. The van der Waals surface area contributed by atoms with Gasteiger partial charge in [0.1, 0.15) is 11.6 Å². The summed E-state index contributed by atoms with van der Waals surface area (Å²) in [5.41, 5.74) is 9.46. The minimum absolute atomic E-state index is 0.439. The molecule has 0 amide bonds. The van der Waals surface area contributed by atoms with Crippen molar-refractivity contribution < 1.29 is 0 Å². The molecule has 0 saturated carbocycles. The fraction of sp³-hybridized carbons (Fsp3) is 0.500. The highest BCUT2D eigenvalue weighted by molar-refractivity contribution is 5.92. The van der Waals surface area contributed by atoms with Gasteiger partial charge in [-0.15, -0.1) is 10.2 Å². The number of fused-ring (bicyclic) bond motifs is 1. The predicted octanol–water partition coefficient (Wildman–Crippen LogP) is 2.59. The molecule has 3 rings (SSSR count). The number of nitrogens with two attached hydrogens (primary N) is 1. The first-order chi connectivity index (χ1) is 11.6. The summed E-state index contributed by atoms with van der Waals surface area (Å²) in [7, 11) is 0. The summed E-state index contributed by atoms with van der Waals surface area (Å²) >= 11 is 0. The van der Waals surface area contributed by atoms with E-state index in [1.54, 1.807) is 0 Å². The number of aryl methyl sites for hydroxylation is 3. The van der Waals surface area contributed by atoms with E-state index in [4.69, 9.17) is 5.73 Å². The Labute approximate surface area is 143 Å². The monoisotopic (exact) mass is 326 g/mol. The lowest BCUT2D eigenvalue weighted by atomic mass is 10.1. The molecule has 128 valence electrons. The van der Waals surface area contributed by atoms with E-state index >= 15 is 0 Å². The maximum absolute atomic E-state index is 5.99. The maximum atomic E-state index is 5.99. The summed E-state index contributed by atoms with van der Waals surface area (Å²) in [6, 6.07) is 6.18. The molecular weight excluding hydrogens is 300 g/mol. The maximum Gasteiger partial charge on any atom is 0.193 e. The Morgan fingerprint density at radius 1 is 1.21 bits per heavy atom. The van der Waals surface area contributed by atoms with Crippen LogP contribution in [0.5, 0.6) is 0 Å². The molecule has 0 spiro atoms. The van der Waals surface area contributed by atoms with Crippen molar-refractivity contribution in [3.8, 4) is 0 Å². The summed E-state index contributed by atoms with van der Waals surface area (Å²) in [4.78, 5) is 4.42. The summed E-state index contributed by atoms with van der Waals surface area (Å²) < 4.78 is 2.26. The third kappa shape index (κ3) is 3.93. The van der Waals surface area contributed by atoms with Gasteiger partial charge in [-0.2, -0.15) is 0 Å². The molecule has 2 aromatic rings. The molecule has 0 saturated heterocycles. The molecule has 1 aromatic carbocycles. The van der Waals surface area contributed by atoms with E-state index in [0.717, 1.165) is 36.7 Å². The lowest BCUT2D eigenvalue weighted by molar-refractivity contribution is 0.605. The Balaban J connectivity index is 1.57. The molecule has 1 aliphatic rings. The first kappa shape index (κ1) is 16.5. The van der Waals surface area contributed by atoms with Gasteiger partial charge in [0.2, 0.25) is 0 Å². The topological polar surface area (TPSA) is 81.1 Å². The van der Waals surface area contributed by atoms with Crippen LogP contribution in [0.3, 0.4) is 0 Å². The SMILES string of the molecule is Cc1ccc(NC(N)=NCCc2nnc3n2CCCCC3)cc1C. The number of hydrogen-bond donors (Lipinski definition) is 2. The van der Waals surface area contributed by atoms with Gasteiger partial charge in [-0.1, -0.05) is 12.5 Å². The molecule has 0 unspecified atom stereocenters. The van der Waals surface area contributed by atoms with Crippen LogP contribution in [-0.2, 0) is 19.4 Å². The second-order valence-corrected chi connectivity index (χ2v) is 6.44. The number of aliphatic imine (C=N–C) groups is 1. The number of nitrogens with zero attached hydrogens (tertiary/aromatic N) is 4. The van der Waals surface area contributed by atoms with Gasteiger partial charge in [-0.25, -0.2) is 0 Å². The molecule has 0 aliphatic carbocycles. The van der Waals surface area contributed by atoms with E-state index in [1.807, 2.05) is 6.07 Å². The largest absolute Gasteiger partial charge is 0.370 e. The Morgan fingerprint density at radius 2 is 2.08 bits per heavy atom. The smallest absolute Gasteiger partial charge is 0.193 e. The number of aromatic nitrogens is 3. The van der Waals surface area contributed by atoms with E-state index in [0.29, 0.717) is 12.5 Å². The van der Waals surface area contributed by atoms with Gasteiger partial charge in [0, 0.05) is 31.6 Å². The number of rotatable bonds is 4. The molecular formula is C18H26N6. The van der Waals surface area contributed by atoms with E-state index < -0.39 is 0 Å². The van der Waals surface area contributed by atoms with Crippen LogP contribution in [0.25, 0.3) is 0 Å². The molecule has 1 aliphatic heterocycles. The zero-order valence-corrected chi connectivity index (χ0v) is 14.5. The minimum atomic E-state index is 0.439. The van der Waals surface area contributed by atoms with Crippen molar-refractivity contribution in [2.45, 2.75) is 52.5 Å². The predicted molar refractivity (Wildman–Crippen MR) is 97.3 cm³/mol. The molecule has 2 heterocycles. The Hall–Kier alpha value is -2.37. The average molecular weight is 326 g/mol. The van der Waals surface area contributed by atoms with Crippen molar-refractivity contribution in [1.29, 1.82) is 0 Å². The second-order valence-electron chi connectivity index (χ2n) is 6.44. The first-order valence-electron chi connectivity index (χ1n) is 8.68. The van der Waals surface area contributed by atoms with Crippen LogP contribution in [0, 0.1) is 13.8 Å². The van der Waals surface area contributed by atoms with E-state index in [-0.39, 0.29) is 0 Å². The Morgan fingerprint density at radius 3 is 2.92 bits per heavy atom. The number of guanidine groups is 1. The Bertz CT molecular complexity index is 731. The van der Waals surface area contributed by atoms with Crippen molar-refractivity contribution in [2.24, 2.45) is 10.7 Å². The summed E-state index contributed by atoms with van der Waals surface area (Å²) in [6.07, 6.45) is 5.49. The molecule has 24 heavy (non-hydrogen) atoms. The van der Waals surface area contributed by atoms with Crippen LogP contribution in [-0.4, -0.2) is 27.3 Å². The molecule has 3 N–H and O–H groups in total. The van der Waals surface area contributed by atoms with Crippen LogP contribution >= 0.6 is 0 Å². The molecule has 6 heteroatoms. The number of nitrogens with one attached hydrogen (secondary N) is 1. The average Bonchev–Trinajstić information content (AvgIpc) is 2.79. The third-order valence-corrected chi connectivity index (χ3v) is 4.58. The van der Waals surface area contributed by atoms with Gasteiger partial charge in [-0.05, 0) is 49.9 Å². The Kier molecular flexibility index (Phi) is 5.13. The highest BCUT2D eigenvalue weighted by Gasteiger charge is 2.13. The molecule has 6 nitrogen and oxygen atoms in total. The van der Waals surface area contributed by atoms with Gasteiger partial charge < -0.3 is 15.6 Å². The van der Waals surface area contributed by atoms with E-state index in [2.05, 4.69) is 51.1 Å². The molecule has 0 atom stereocenters. The normalized spacial score (nSPS) is 15.0. The van der Waals surface area contributed by atoms with Gasteiger partial charge in [0.15, 0.2) is 5.96 Å². The second kappa shape index (κ2) is 7.47. The fourth-order valence-corrected chi connectivity index (χ4v) is 3.01. The van der Waals surface area contributed by atoms with Crippen LogP contribution in [0.4, 0.5) is 5.69 Å². The highest BCUT2D eigenvalue weighted by atomic mass is 15.3. The summed E-state index contributed by atoms with van der Waals surface area (Å²) in [5.74, 6) is 2.58. The third-order valence-electron chi connectivity index (χ3n) is 4.58. The van der Waals surface area contributed by atoms with Gasteiger partial charge in [-0.3, -0.25) is 4.99 Å². The van der Waals surface area contributed by atoms with Gasteiger partial charge in [0.25, 0.3) is 0 Å². The van der Waals surface area contributed by atoms with Crippen molar-refractivity contribution in [1.82, 2.24) is 14.8 Å². The number of hydrogen-bond acceptors (Lipinski definition) is 3. The highest BCUT2D eigenvalue weighted by Crippen LogP contribution is 2.15. The molecule has 0 radical (unpaired) electrons. The van der Waals surface area contributed by atoms with Crippen molar-refractivity contribution in [3.63, 3.8) is 0 Å². The van der Waals surface area contributed by atoms with Crippen molar-refractivity contribution in [3.05, 3.63) is 41.0 Å². The van der Waals surface area contributed by atoms with Crippen LogP contribution in [0.15, 0.2) is 23.2 Å². The summed E-state index contributed by atoms with van der Waals surface area (Å²) in [6.45, 7) is 5.82. The quantitative estimate of drug-likeness (QED) is 0.668. The van der Waals surface area contributed by atoms with Crippen LogP contribution in [0.1, 0.15) is 42.0 Å². The molecule has 1 aromatic heterocycles. The van der Waals surface area contributed by atoms with Gasteiger partial charge in [0.05, 0.1) is 0 Å². The lowest BCUT2D eigenvalue weighted by Gasteiger charge is -2.08. The zero-order valence-electron chi connectivity index (χ0n) is 14.5. The summed E-state index contributed by atoms with van der Waals surface area (Å²) in [5, 5.41) is 11.8. The molecule has 0 bridgehead atoms.